The predicted molar refractivity (Wildman–Crippen MR) is 105 cm³/mol. The third kappa shape index (κ3) is 3.68. The van der Waals surface area contributed by atoms with Crippen molar-refractivity contribution in [3.63, 3.8) is 0 Å². The highest BCUT2D eigenvalue weighted by molar-refractivity contribution is 6.34. The lowest BCUT2D eigenvalue weighted by Gasteiger charge is -2.43. The summed E-state index contributed by atoms with van der Waals surface area (Å²) in [5, 5.41) is 5.02. The average molecular weight is 430 g/mol. The van der Waals surface area contributed by atoms with E-state index in [1.807, 2.05) is 0 Å². The molecule has 2 atom stereocenters. The number of anilines is 1. The first kappa shape index (κ1) is 21.1. The Balaban J connectivity index is 2.16. The summed E-state index contributed by atoms with van der Waals surface area (Å²) < 4.78 is 42.3. The second kappa shape index (κ2) is 7.66. The van der Waals surface area contributed by atoms with Crippen LogP contribution in [0.25, 0.3) is 0 Å². The lowest BCUT2D eigenvalue weighted by molar-refractivity contribution is -0.215. The monoisotopic (exact) mass is 429 g/mol. The molecule has 1 fully saturated rings. The van der Waals surface area contributed by atoms with Gasteiger partial charge in [0, 0.05) is 6.20 Å². The van der Waals surface area contributed by atoms with E-state index in [1.165, 1.54) is 18.6 Å². The van der Waals surface area contributed by atoms with Crippen LogP contribution in [0.4, 0.5) is 18.9 Å². The number of amidine groups is 1. The number of hydrogen-bond donors (Lipinski definition) is 2. The highest BCUT2D eigenvalue weighted by Gasteiger charge is 2.60. The van der Waals surface area contributed by atoms with Crippen LogP contribution in [0.1, 0.15) is 43.1 Å². The zero-order valence-electron chi connectivity index (χ0n) is 15.5. The van der Waals surface area contributed by atoms with E-state index in [0.717, 1.165) is 4.57 Å². The largest absolute Gasteiger partial charge is 0.395 e. The molecular weight excluding hydrogens is 411 g/mol. The summed E-state index contributed by atoms with van der Waals surface area (Å²) in [6.45, 7) is 4.94. The summed E-state index contributed by atoms with van der Waals surface area (Å²) >= 11 is 6.20. The third-order valence-electron chi connectivity index (χ3n) is 5.11. The number of nitrogens with zero attached hydrogens (tertiary/aromatic N) is 3. The van der Waals surface area contributed by atoms with Gasteiger partial charge in [0.1, 0.15) is 29.2 Å². The SMILES string of the molecule is C=C/N=C\N=C(/C)Nc1cc(Cl)c2n(c1=O)C1(CCCCC1C(F)(F)F)NC2=O. The minimum atomic E-state index is -4.59. The highest BCUT2D eigenvalue weighted by atomic mass is 35.5. The Morgan fingerprint density at radius 2 is 2.17 bits per heavy atom. The molecule has 156 valence electrons. The number of amides is 1. The Labute approximate surface area is 169 Å². The van der Waals surface area contributed by atoms with Crippen molar-refractivity contribution in [3.05, 3.63) is 39.9 Å². The number of aromatic nitrogens is 1. The maximum Gasteiger partial charge on any atom is 0.395 e. The smallest absolute Gasteiger partial charge is 0.339 e. The average Bonchev–Trinajstić information content (AvgIpc) is 2.91. The standard InChI is InChI=1S/C18H19ClF3N5O2/c1-3-23-9-24-10(2)25-12-8-11(19)14-15(28)26-17(27(14)16(12)29)7-5-4-6-13(17)18(20,21)22/h3,8-9,13H,1,4-7H2,2H3,(H,26,28)(H,23,24,25). The van der Waals surface area contributed by atoms with E-state index < -0.39 is 29.2 Å². The molecule has 1 aliphatic heterocycles. The van der Waals surface area contributed by atoms with Gasteiger partial charge in [0.05, 0.1) is 10.9 Å². The fourth-order valence-electron chi connectivity index (χ4n) is 3.98. The number of fused-ring (bicyclic) bond motifs is 2. The molecule has 11 heteroatoms. The fraction of sp³-hybridized carbons (Fsp3) is 0.444. The highest BCUT2D eigenvalue weighted by Crippen LogP contribution is 2.49. The van der Waals surface area contributed by atoms with E-state index >= 15 is 0 Å². The van der Waals surface area contributed by atoms with Crippen molar-refractivity contribution in [2.45, 2.75) is 44.4 Å². The summed E-state index contributed by atoms with van der Waals surface area (Å²) in [4.78, 5) is 33.3. The van der Waals surface area contributed by atoms with Crippen LogP contribution >= 0.6 is 11.6 Å². The van der Waals surface area contributed by atoms with Gasteiger partial charge in [-0.1, -0.05) is 24.6 Å². The number of carbonyl (C=O) groups excluding carboxylic acids is 1. The molecule has 0 radical (unpaired) electrons. The first-order chi connectivity index (χ1) is 13.6. The number of carbonyl (C=O) groups is 1. The predicted octanol–water partition coefficient (Wildman–Crippen LogP) is 3.65. The van der Waals surface area contributed by atoms with E-state index in [0.29, 0.717) is 12.8 Å². The van der Waals surface area contributed by atoms with Crippen molar-refractivity contribution >= 4 is 35.4 Å². The molecule has 1 aliphatic carbocycles. The van der Waals surface area contributed by atoms with Crippen molar-refractivity contribution in [1.82, 2.24) is 9.88 Å². The van der Waals surface area contributed by atoms with E-state index in [4.69, 9.17) is 11.6 Å². The van der Waals surface area contributed by atoms with Crippen LogP contribution in [-0.4, -0.2) is 28.8 Å². The van der Waals surface area contributed by atoms with Gasteiger partial charge >= 0.3 is 6.18 Å². The summed E-state index contributed by atoms with van der Waals surface area (Å²) in [6.07, 6.45) is -1.56. The fourth-order valence-corrected chi connectivity index (χ4v) is 4.26. The van der Waals surface area contributed by atoms with Crippen molar-refractivity contribution in [3.8, 4) is 0 Å². The van der Waals surface area contributed by atoms with Crippen LogP contribution in [0, 0.1) is 5.92 Å². The van der Waals surface area contributed by atoms with E-state index in [9.17, 15) is 22.8 Å². The molecule has 0 aromatic carbocycles. The van der Waals surface area contributed by atoms with Crippen molar-refractivity contribution < 1.29 is 18.0 Å². The zero-order chi connectivity index (χ0) is 21.4. The van der Waals surface area contributed by atoms with Gasteiger partial charge in [-0.05, 0) is 32.3 Å². The Hall–Kier alpha value is -2.62. The maximum absolute atomic E-state index is 13.8. The molecule has 3 rings (SSSR count). The van der Waals surface area contributed by atoms with Gasteiger partial charge in [-0.15, -0.1) is 0 Å². The van der Waals surface area contributed by atoms with Crippen LogP contribution in [0.5, 0.6) is 0 Å². The molecular formula is C18H19ClF3N5O2. The molecule has 2 aliphatic rings. The zero-order valence-corrected chi connectivity index (χ0v) is 16.3. The van der Waals surface area contributed by atoms with Gasteiger partial charge in [0.2, 0.25) is 0 Å². The Bertz CT molecular complexity index is 969. The summed E-state index contributed by atoms with van der Waals surface area (Å²) in [5.74, 6) is -2.43. The summed E-state index contributed by atoms with van der Waals surface area (Å²) in [5.41, 5.74) is -3.03. The van der Waals surface area contributed by atoms with Gasteiger partial charge in [0.25, 0.3) is 11.5 Å². The van der Waals surface area contributed by atoms with Crippen LogP contribution in [-0.2, 0) is 5.66 Å². The molecule has 2 N–H and O–H groups in total. The van der Waals surface area contributed by atoms with Gasteiger partial charge in [-0.25, -0.2) is 9.98 Å². The molecule has 29 heavy (non-hydrogen) atoms. The summed E-state index contributed by atoms with van der Waals surface area (Å²) in [7, 11) is 0. The van der Waals surface area contributed by atoms with E-state index in [2.05, 4.69) is 27.2 Å². The van der Waals surface area contributed by atoms with Crippen LogP contribution in [0.15, 0.2) is 33.6 Å². The first-order valence-corrected chi connectivity index (χ1v) is 9.29. The Morgan fingerprint density at radius 3 is 2.83 bits per heavy atom. The molecule has 1 amide bonds. The normalized spacial score (nSPS) is 24.7. The van der Waals surface area contributed by atoms with Crippen molar-refractivity contribution in [2.24, 2.45) is 15.9 Å². The number of hydrogen-bond acceptors (Lipinski definition) is 3. The lowest BCUT2D eigenvalue weighted by Crippen LogP contribution is -2.58. The Morgan fingerprint density at radius 1 is 1.45 bits per heavy atom. The molecule has 2 heterocycles. The van der Waals surface area contributed by atoms with Crippen molar-refractivity contribution in [2.75, 3.05) is 5.32 Å². The van der Waals surface area contributed by atoms with Gasteiger partial charge in [-0.3, -0.25) is 14.2 Å². The van der Waals surface area contributed by atoms with Crippen molar-refractivity contribution in [1.29, 1.82) is 0 Å². The Kier molecular flexibility index (Phi) is 5.57. The minimum Gasteiger partial charge on any atom is -0.339 e. The number of rotatable bonds is 3. The molecule has 1 aromatic heterocycles. The van der Waals surface area contributed by atoms with E-state index in [1.54, 1.807) is 6.92 Å². The quantitative estimate of drug-likeness (QED) is 0.568. The molecule has 0 bridgehead atoms. The number of alkyl halides is 3. The number of nitrogens with one attached hydrogen (secondary N) is 2. The molecule has 1 aromatic rings. The molecule has 1 spiro atoms. The molecule has 2 unspecified atom stereocenters. The number of aliphatic imine (C=N–C) groups is 2. The molecule has 7 nitrogen and oxygen atoms in total. The second-order valence-electron chi connectivity index (χ2n) is 6.90. The third-order valence-corrected chi connectivity index (χ3v) is 5.40. The second-order valence-corrected chi connectivity index (χ2v) is 7.31. The topological polar surface area (TPSA) is 87.8 Å². The number of pyridine rings is 1. The van der Waals surface area contributed by atoms with E-state index in [-0.39, 0.29) is 35.1 Å². The maximum atomic E-state index is 13.8. The first-order valence-electron chi connectivity index (χ1n) is 8.91. The van der Waals surface area contributed by atoms with Crippen LogP contribution in [0.3, 0.4) is 0 Å². The lowest BCUT2D eigenvalue weighted by atomic mass is 9.78. The van der Waals surface area contributed by atoms with Gasteiger partial charge in [0.15, 0.2) is 0 Å². The molecule has 0 saturated heterocycles. The van der Waals surface area contributed by atoms with Crippen LogP contribution < -0.4 is 16.2 Å². The number of halogens is 4. The van der Waals surface area contributed by atoms with Gasteiger partial charge in [-0.2, -0.15) is 13.2 Å². The van der Waals surface area contributed by atoms with Gasteiger partial charge < -0.3 is 10.6 Å². The summed E-state index contributed by atoms with van der Waals surface area (Å²) in [6, 6.07) is 1.21. The minimum absolute atomic E-state index is 0.0192. The van der Waals surface area contributed by atoms with Crippen LogP contribution in [0.2, 0.25) is 5.02 Å². The molecule has 1 saturated carbocycles.